The van der Waals surface area contributed by atoms with E-state index in [-0.39, 0.29) is 5.56 Å². The van der Waals surface area contributed by atoms with Crippen molar-refractivity contribution >= 4 is 17.0 Å². The molecular formula is C13H10N4O2. The fraction of sp³-hybridized carbons (Fsp3) is 0.0769. The van der Waals surface area contributed by atoms with Gasteiger partial charge in [-0.1, -0.05) is 0 Å². The topological polar surface area (TPSA) is 80.9 Å². The lowest BCUT2D eigenvalue weighted by molar-refractivity contribution is 0.0697. The normalized spacial score (nSPS) is 10.7. The first-order chi connectivity index (χ1) is 9.24. The summed E-state index contributed by atoms with van der Waals surface area (Å²) in [6.45, 7) is 0.507. The monoisotopic (exact) mass is 254 g/mol. The minimum atomic E-state index is -0.950. The maximum atomic E-state index is 11.0. The second-order valence-electron chi connectivity index (χ2n) is 4.10. The van der Waals surface area contributed by atoms with Crippen LogP contribution in [0.5, 0.6) is 0 Å². The van der Waals surface area contributed by atoms with Crippen molar-refractivity contribution in [3.05, 3.63) is 54.1 Å². The maximum Gasteiger partial charge on any atom is 0.335 e. The van der Waals surface area contributed by atoms with Crippen molar-refractivity contribution in [1.82, 2.24) is 19.7 Å². The van der Waals surface area contributed by atoms with Crippen LogP contribution in [-0.4, -0.2) is 30.8 Å². The number of aromatic nitrogens is 4. The SMILES string of the molecule is O=C(O)c1ccc2ncn(Cc3cccnn3)c2c1. The predicted molar refractivity (Wildman–Crippen MR) is 67.8 cm³/mol. The van der Waals surface area contributed by atoms with Gasteiger partial charge < -0.3 is 9.67 Å². The molecule has 0 aliphatic carbocycles. The van der Waals surface area contributed by atoms with Gasteiger partial charge >= 0.3 is 5.97 Å². The van der Waals surface area contributed by atoms with Crippen LogP contribution in [0, 0.1) is 0 Å². The van der Waals surface area contributed by atoms with Crippen molar-refractivity contribution in [3.8, 4) is 0 Å². The number of hydrogen-bond donors (Lipinski definition) is 1. The summed E-state index contributed by atoms with van der Waals surface area (Å²) in [5.74, 6) is -0.950. The molecule has 0 aliphatic rings. The van der Waals surface area contributed by atoms with E-state index in [1.165, 1.54) is 0 Å². The fourth-order valence-corrected chi connectivity index (χ4v) is 1.91. The van der Waals surface area contributed by atoms with Crippen molar-refractivity contribution in [2.75, 3.05) is 0 Å². The van der Waals surface area contributed by atoms with Crippen molar-refractivity contribution < 1.29 is 9.90 Å². The highest BCUT2D eigenvalue weighted by Crippen LogP contribution is 2.16. The zero-order valence-corrected chi connectivity index (χ0v) is 9.89. The molecule has 2 aromatic heterocycles. The Hall–Kier alpha value is -2.76. The van der Waals surface area contributed by atoms with Gasteiger partial charge in [-0.3, -0.25) is 0 Å². The summed E-state index contributed by atoms with van der Waals surface area (Å²) in [4.78, 5) is 15.2. The molecule has 19 heavy (non-hydrogen) atoms. The number of fused-ring (bicyclic) bond motifs is 1. The number of hydrogen-bond acceptors (Lipinski definition) is 4. The third kappa shape index (κ3) is 2.15. The van der Waals surface area contributed by atoms with Crippen LogP contribution in [0.15, 0.2) is 42.9 Å². The Morgan fingerprint density at radius 1 is 1.32 bits per heavy atom. The number of aromatic carboxylic acids is 1. The van der Waals surface area contributed by atoms with Gasteiger partial charge in [0, 0.05) is 6.20 Å². The van der Waals surface area contributed by atoms with Gasteiger partial charge in [0.15, 0.2) is 0 Å². The van der Waals surface area contributed by atoms with E-state index in [1.54, 1.807) is 30.7 Å². The van der Waals surface area contributed by atoms with Crippen molar-refractivity contribution in [1.29, 1.82) is 0 Å². The lowest BCUT2D eigenvalue weighted by atomic mass is 10.2. The number of carboxylic acid groups (broad SMARTS) is 1. The van der Waals surface area contributed by atoms with Crippen molar-refractivity contribution in [2.45, 2.75) is 6.54 Å². The minimum Gasteiger partial charge on any atom is -0.478 e. The first kappa shape index (κ1) is 11.3. The zero-order valence-electron chi connectivity index (χ0n) is 9.89. The molecule has 0 fully saturated rings. The molecule has 1 N–H and O–H groups in total. The molecule has 0 amide bonds. The molecule has 0 atom stereocenters. The average Bonchev–Trinajstić information content (AvgIpc) is 2.82. The molecule has 0 aliphatic heterocycles. The van der Waals surface area contributed by atoms with E-state index in [0.717, 1.165) is 16.7 Å². The van der Waals surface area contributed by atoms with Crippen LogP contribution in [0.25, 0.3) is 11.0 Å². The lowest BCUT2D eigenvalue weighted by Gasteiger charge is -2.03. The molecular weight excluding hydrogens is 244 g/mol. The van der Waals surface area contributed by atoms with Gasteiger partial charge in [0.05, 0.1) is 35.2 Å². The Bertz CT molecular complexity index is 737. The van der Waals surface area contributed by atoms with Gasteiger partial charge in [0.25, 0.3) is 0 Å². The van der Waals surface area contributed by atoms with E-state index in [9.17, 15) is 4.79 Å². The summed E-state index contributed by atoms with van der Waals surface area (Å²) in [6, 6.07) is 8.53. The van der Waals surface area contributed by atoms with E-state index in [2.05, 4.69) is 15.2 Å². The summed E-state index contributed by atoms with van der Waals surface area (Å²) >= 11 is 0. The van der Waals surface area contributed by atoms with E-state index in [1.807, 2.05) is 16.7 Å². The van der Waals surface area contributed by atoms with Gasteiger partial charge in [-0.25, -0.2) is 9.78 Å². The highest BCUT2D eigenvalue weighted by atomic mass is 16.4. The Kier molecular flexibility index (Phi) is 2.68. The highest BCUT2D eigenvalue weighted by molar-refractivity contribution is 5.92. The zero-order chi connectivity index (χ0) is 13.2. The lowest BCUT2D eigenvalue weighted by Crippen LogP contribution is -2.02. The number of rotatable bonds is 3. The molecule has 0 radical (unpaired) electrons. The van der Waals surface area contributed by atoms with Gasteiger partial charge in [0.2, 0.25) is 0 Å². The summed E-state index contributed by atoms with van der Waals surface area (Å²) in [5, 5.41) is 16.8. The van der Waals surface area contributed by atoms with E-state index in [4.69, 9.17) is 5.11 Å². The smallest absolute Gasteiger partial charge is 0.335 e. The summed E-state index contributed by atoms with van der Waals surface area (Å²) < 4.78 is 1.85. The maximum absolute atomic E-state index is 11.0. The Labute approximate surface area is 108 Å². The molecule has 0 unspecified atom stereocenters. The largest absolute Gasteiger partial charge is 0.478 e. The van der Waals surface area contributed by atoms with Crippen LogP contribution in [-0.2, 0) is 6.54 Å². The predicted octanol–water partition coefficient (Wildman–Crippen LogP) is 1.57. The average molecular weight is 254 g/mol. The third-order valence-corrected chi connectivity index (χ3v) is 2.83. The van der Waals surface area contributed by atoms with Gasteiger partial charge in [-0.2, -0.15) is 10.2 Å². The van der Waals surface area contributed by atoms with Crippen molar-refractivity contribution in [2.24, 2.45) is 0 Å². The van der Waals surface area contributed by atoms with Crippen molar-refractivity contribution in [3.63, 3.8) is 0 Å². The highest BCUT2D eigenvalue weighted by Gasteiger charge is 2.08. The fourth-order valence-electron chi connectivity index (χ4n) is 1.91. The first-order valence-corrected chi connectivity index (χ1v) is 5.69. The molecule has 2 heterocycles. The summed E-state index contributed by atoms with van der Waals surface area (Å²) in [7, 11) is 0. The van der Waals surface area contributed by atoms with Crippen LogP contribution < -0.4 is 0 Å². The Morgan fingerprint density at radius 2 is 2.21 bits per heavy atom. The molecule has 0 bridgehead atoms. The van der Waals surface area contributed by atoms with Crippen LogP contribution in [0.3, 0.4) is 0 Å². The molecule has 94 valence electrons. The quantitative estimate of drug-likeness (QED) is 0.767. The molecule has 6 nitrogen and oxygen atoms in total. The van der Waals surface area contributed by atoms with Crippen LogP contribution in [0.1, 0.15) is 16.1 Å². The van der Waals surface area contributed by atoms with E-state index in [0.29, 0.717) is 6.54 Å². The van der Waals surface area contributed by atoms with E-state index >= 15 is 0 Å². The molecule has 3 rings (SSSR count). The summed E-state index contributed by atoms with van der Waals surface area (Å²) in [6.07, 6.45) is 3.28. The van der Waals surface area contributed by atoms with Gasteiger partial charge in [-0.05, 0) is 30.3 Å². The number of imidazole rings is 1. The molecule has 3 aromatic rings. The Balaban J connectivity index is 2.04. The standard InChI is InChI=1S/C13H10N4O2/c18-13(19)9-3-4-11-12(6-9)17(8-14-11)7-10-2-1-5-15-16-10/h1-6,8H,7H2,(H,18,19). The number of carbonyl (C=O) groups is 1. The second kappa shape index (κ2) is 4.49. The van der Waals surface area contributed by atoms with Gasteiger partial charge in [-0.15, -0.1) is 0 Å². The number of nitrogens with zero attached hydrogens (tertiary/aromatic N) is 4. The Morgan fingerprint density at radius 3 is 2.95 bits per heavy atom. The molecule has 0 saturated heterocycles. The van der Waals surface area contributed by atoms with Crippen LogP contribution in [0.4, 0.5) is 0 Å². The third-order valence-electron chi connectivity index (χ3n) is 2.83. The van der Waals surface area contributed by atoms with Crippen LogP contribution >= 0.6 is 0 Å². The molecule has 0 spiro atoms. The molecule has 1 aromatic carbocycles. The van der Waals surface area contributed by atoms with Crippen LogP contribution in [0.2, 0.25) is 0 Å². The second-order valence-corrected chi connectivity index (χ2v) is 4.10. The number of benzene rings is 1. The molecule has 6 heteroatoms. The molecule has 0 saturated carbocycles. The first-order valence-electron chi connectivity index (χ1n) is 5.69. The number of carboxylic acids is 1. The minimum absolute atomic E-state index is 0.244. The van der Waals surface area contributed by atoms with E-state index < -0.39 is 5.97 Å². The van der Waals surface area contributed by atoms with Gasteiger partial charge in [0.1, 0.15) is 0 Å². The summed E-state index contributed by atoms with van der Waals surface area (Å²) in [5.41, 5.74) is 2.57.